The molecule has 0 atom stereocenters. The largest absolute Gasteiger partial charge is 0.454 e. The number of carbonyl (C=O) groups excluding carboxylic acids is 2. The molecule has 0 spiro atoms. The first-order chi connectivity index (χ1) is 13.5. The van der Waals surface area contributed by atoms with Crippen molar-refractivity contribution in [2.24, 2.45) is 0 Å². The molecule has 0 unspecified atom stereocenters. The Morgan fingerprint density at radius 1 is 1.11 bits per heavy atom. The second kappa shape index (κ2) is 9.75. The summed E-state index contributed by atoms with van der Waals surface area (Å²) in [5.41, 5.74) is 1.17. The van der Waals surface area contributed by atoms with Crippen LogP contribution in [0.4, 0.5) is 0 Å². The zero-order valence-electron chi connectivity index (χ0n) is 16.8. The maximum Gasteiger partial charge on any atom is 0.232 e. The highest BCUT2D eigenvalue weighted by Crippen LogP contribution is 2.32. The van der Waals surface area contributed by atoms with Gasteiger partial charge in [-0.2, -0.15) is 0 Å². The van der Waals surface area contributed by atoms with Crippen LogP contribution in [0.15, 0.2) is 18.2 Å². The van der Waals surface area contributed by atoms with Crippen molar-refractivity contribution in [2.75, 3.05) is 60.2 Å². The molecule has 1 fully saturated rings. The van der Waals surface area contributed by atoms with Gasteiger partial charge in [0, 0.05) is 39.3 Å². The molecule has 2 aliphatic rings. The molecular formula is C20H30N4O4. The van der Waals surface area contributed by atoms with Crippen LogP contribution in [-0.2, 0) is 16.1 Å². The summed E-state index contributed by atoms with van der Waals surface area (Å²) in [7, 11) is 4.00. The second-order valence-electron chi connectivity index (χ2n) is 7.53. The van der Waals surface area contributed by atoms with E-state index < -0.39 is 0 Å². The van der Waals surface area contributed by atoms with Crippen LogP contribution >= 0.6 is 0 Å². The van der Waals surface area contributed by atoms with Gasteiger partial charge >= 0.3 is 0 Å². The van der Waals surface area contributed by atoms with Crippen molar-refractivity contribution in [3.05, 3.63) is 23.8 Å². The third-order valence-corrected chi connectivity index (χ3v) is 4.98. The Hall–Kier alpha value is -2.32. The second-order valence-corrected chi connectivity index (χ2v) is 7.53. The average Bonchev–Trinajstić information content (AvgIpc) is 3.13. The maximum absolute atomic E-state index is 12.4. The number of carbonyl (C=O) groups is 2. The fraction of sp³-hybridized carbons (Fsp3) is 0.600. The Morgan fingerprint density at radius 3 is 2.61 bits per heavy atom. The third kappa shape index (κ3) is 5.84. The summed E-state index contributed by atoms with van der Waals surface area (Å²) < 4.78 is 10.8. The van der Waals surface area contributed by atoms with Crippen LogP contribution in [0.2, 0.25) is 0 Å². The van der Waals surface area contributed by atoms with E-state index in [1.165, 1.54) is 5.56 Å². The first-order valence-corrected chi connectivity index (χ1v) is 9.81. The number of rotatable bonds is 8. The fourth-order valence-corrected chi connectivity index (χ4v) is 3.39. The summed E-state index contributed by atoms with van der Waals surface area (Å²) in [5, 5.41) is 2.82. The van der Waals surface area contributed by atoms with E-state index in [0.29, 0.717) is 19.6 Å². The van der Waals surface area contributed by atoms with Gasteiger partial charge in [-0.1, -0.05) is 6.07 Å². The lowest BCUT2D eigenvalue weighted by molar-refractivity contribution is -0.137. The lowest BCUT2D eigenvalue weighted by Gasteiger charge is -2.34. The Labute approximate surface area is 166 Å². The summed E-state index contributed by atoms with van der Waals surface area (Å²) in [4.78, 5) is 30.5. The Bertz CT molecular complexity index is 687. The topological polar surface area (TPSA) is 74.4 Å². The zero-order valence-corrected chi connectivity index (χ0v) is 16.8. The van der Waals surface area contributed by atoms with Gasteiger partial charge in [0.1, 0.15) is 6.42 Å². The molecule has 2 aliphatic heterocycles. The molecule has 28 heavy (non-hydrogen) atoms. The van der Waals surface area contributed by atoms with Crippen LogP contribution in [0.3, 0.4) is 0 Å². The maximum atomic E-state index is 12.4. The summed E-state index contributed by atoms with van der Waals surface area (Å²) in [6, 6.07) is 6.00. The van der Waals surface area contributed by atoms with E-state index >= 15 is 0 Å². The number of benzene rings is 1. The molecule has 0 saturated carbocycles. The van der Waals surface area contributed by atoms with Crippen LogP contribution in [0.25, 0.3) is 0 Å². The minimum absolute atomic E-state index is 0.0654. The van der Waals surface area contributed by atoms with Gasteiger partial charge in [-0.3, -0.25) is 14.5 Å². The van der Waals surface area contributed by atoms with Crippen LogP contribution in [-0.4, -0.2) is 86.7 Å². The molecule has 154 valence electrons. The van der Waals surface area contributed by atoms with Gasteiger partial charge < -0.3 is 24.6 Å². The number of nitrogens with one attached hydrogen (secondary N) is 1. The summed E-state index contributed by atoms with van der Waals surface area (Å²) in [6.07, 6.45) is 0.815. The molecule has 0 bridgehead atoms. The van der Waals surface area contributed by atoms with Crippen LogP contribution in [0.5, 0.6) is 11.5 Å². The predicted molar refractivity (Wildman–Crippen MR) is 105 cm³/mol. The number of piperazine rings is 1. The predicted octanol–water partition coefficient (Wildman–Crippen LogP) is 0.518. The zero-order chi connectivity index (χ0) is 19.9. The normalized spacial score (nSPS) is 16.5. The first kappa shape index (κ1) is 20.4. The molecule has 2 heterocycles. The van der Waals surface area contributed by atoms with Gasteiger partial charge in [0.15, 0.2) is 11.5 Å². The molecule has 1 aromatic rings. The Morgan fingerprint density at radius 2 is 1.86 bits per heavy atom. The van der Waals surface area contributed by atoms with Crippen molar-refractivity contribution in [1.82, 2.24) is 20.0 Å². The highest BCUT2D eigenvalue weighted by molar-refractivity contribution is 5.96. The lowest BCUT2D eigenvalue weighted by atomic mass is 10.1. The van der Waals surface area contributed by atoms with Gasteiger partial charge in [-0.15, -0.1) is 0 Å². The average molecular weight is 390 g/mol. The molecule has 8 nitrogen and oxygen atoms in total. The van der Waals surface area contributed by atoms with E-state index in [1.54, 1.807) is 4.90 Å². The van der Waals surface area contributed by atoms with E-state index in [4.69, 9.17) is 9.47 Å². The van der Waals surface area contributed by atoms with Gasteiger partial charge in [0.2, 0.25) is 18.6 Å². The molecule has 8 heteroatoms. The molecule has 3 rings (SSSR count). The van der Waals surface area contributed by atoms with Crippen LogP contribution in [0.1, 0.15) is 18.4 Å². The van der Waals surface area contributed by atoms with Gasteiger partial charge in [-0.05, 0) is 44.8 Å². The lowest BCUT2D eigenvalue weighted by Crippen LogP contribution is -2.49. The number of ether oxygens (including phenoxy) is 2. The van der Waals surface area contributed by atoms with Crippen LogP contribution < -0.4 is 14.8 Å². The Balaban J connectivity index is 1.36. The van der Waals surface area contributed by atoms with Gasteiger partial charge in [0.25, 0.3) is 0 Å². The molecule has 0 aliphatic carbocycles. The van der Waals surface area contributed by atoms with Gasteiger partial charge in [0.05, 0.1) is 0 Å². The minimum atomic E-state index is -0.188. The van der Waals surface area contributed by atoms with Crippen molar-refractivity contribution >= 4 is 11.8 Å². The fourth-order valence-electron chi connectivity index (χ4n) is 3.39. The standard InChI is InChI=1S/C20H30N4O4/c1-22(2)7-3-6-21-19(25)13-20(26)24-10-8-23(9-11-24)14-16-4-5-17-18(12-16)28-15-27-17/h4-5,12H,3,6-11,13-15H2,1-2H3,(H,21,25). The minimum Gasteiger partial charge on any atom is -0.454 e. The quantitative estimate of drug-likeness (QED) is 0.515. The smallest absolute Gasteiger partial charge is 0.232 e. The highest BCUT2D eigenvalue weighted by atomic mass is 16.7. The number of nitrogens with zero attached hydrogens (tertiary/aromatic N) is 3. The highest BCUT2D eigenvalue weighted by Gasteiger charge is 2.23. The summed E-state index contributed by atoms with van der Waals surface area (Å²) in [5.74, 6) is 1.31. The molecule has 1 N–H and O–H groups in total. The molecule has 0 aromatic heterocycles. The molecule has 1 aromatic carbocycles. The third-order valence-electron chi connectivity index (χ3n) is 4.98. The van der Waals surface area contributed by atoms with Crippen LogP contribution in [0, 0.1) is 0 Å². The molecule has 1 saturated heterocycles. The summed E-state index contributed by atoms with van der Waals surface area (Å²) >= 11 is 0. The SMILES string of the molecule is CN(C)CCCNC(=O)CC(=O)N1CCN(Cc2ccc3c(c2)OCO3)CC1. The van der Waals surface area contributed by atoms with Crippen molar-refractivity contribution < 1.29 is 19.1 Å². The van der Waals surface area contributed by atoms with E-state index in [1.807, 2.05) is 32.3 Å². The van der Waals surface area contributed by atoms with E-state index in [2.05, 4.69) is 15.1 Å². The molecule has 0 radical (unpaired) electrons. The van der Waals surface area contributed by atoms with E-state index in [-0.39, 0.29) is 25.0 Å². The Kier molecular flexibility index (Phi) is 7.11. The van der Waals surface area contributed by atoms with Crippen molar-refractivity contribution in [3.63, 3.8) is 0 Å². The first-order valence-electron chi connectivity index (χ1n) is 9.81. The van der Waals surface area contributed by atoms with Crippen molar-refractivity contribution in [3.8, 4) is 11.5 Å². The number of hydrogen-bond acceptors (Lipinski definition) is 6. The van der Waals surface area contributed by atoms with Crippen molar-refractivity contribution in [2.45, 2.75) is 19.4 Å². The van der Waals surface area contributed by atoms with Crippen molar-refractivity contribution in [1.29, 1.82) is 0 Å². The van der Waals surface area contributed by atoms with E-state index in [9.17, 15) is 9.59 Å². The number of fused-ring (bicyclic) bond motifs is 1. The molecular weight excluding hydrogens is 360 g/mol. The van der Waals surface area contributed by atoms with E-state index in [0.717, 1.165) is 44.1 Å². The monoisotopic (exact) mass is 390 g/mol. The summed E-state index contributed by atoms with van der Waals surface area (Å²) in [6.45, 7) is 5.50. The molecule has 2 amide bonds. The number of amides is 2. The van der Waals surface area contributed by atoms with Gasteiger partial charge in [-0.25, -0.2) is 0 Å². The number of hydrogen-bond donors (Lipinski definition) is 1.